The number of hydrogen-bond acceptors (Lipinski definition) is 3. The van der Waals surface area contributed by atoms with Crippen molar-refractivity contribution in [2.75, 3.05) is 16.8 Å². The highest BCUT2D eigenvalue weighted by molar-refractivity contribution is 9.09. The molecule has 1 heterocycles. The van der Waals surface area contributed by atoms with E-state index in [9.17, 15) is 0 Å². The third-order valence-electron chi connectivity index (χ3n) is 2.38. The second kappa shape index (κ2) is 6.18. The lowest BCUT2D eigenvalue weighted by atomic mass is 10.3. The molecule has 0 aliphatic carbocycles. The minimum Gasteiger partial charge on any atom is -0.338 e. The standard InChI is InChI=1S/C12H20BrN3/c1-9(2)16(7-5-6-13)12-14-10(3)8-11(4)15-12/h8-9H,5-7H2,1-4H3. The summed E-state index contributed by atoms with van der Waals surface area (Å²) >= 11 is 3.46. The molecular weight excluding hydrogens is 266 g/mol. The summed E-state index contributed by atoms with van der Waals surface area (Å²) in [5, 5.41) is 1.01. The predicted molar refractivity (Wildman–Crippen MR) is 72.4 cm³/mol. The SMILES string of the molecule is Cc1cc(C)nc(N(CCCBr)C(C)C)n1. The second-order valence-electron chi connectivity index (χ2n) is 4.28. The number of aromatic nitrogens is 2. The highest BCUT2D eigenvalue weighted by atomic mass is 79.9. The molecule has 90 valence electrons. The fraction of sp³-hybridized carbons (Fsp3) is 0.667. The van der Waals surface area contributed by atoms with Crippen molar-refractivity contribution in [3.63, 3.8) is 0 Å². The molecule has 16 heavy (non-hydrogen) atoms. The fourth-order valence-electron chi connectivity index (χ4n) is 1.66. The van der Waals surface area contributed by atoms with Gasteiger partial charge in [-0.15, -0.1) is 0 Å². The molecule has 0 aliphatic rings. The van der Waals surface area contributed by atoms with Crippen LogP contribution in [0, 0.1) is 13.8 Å². The smallest absolute Gasteiger partial charge is 0.225 e. The first-order valence-corrected chi connectivity index (χ1v) is 6.81. The van der Waals surface area contributed by atoms with Crippen molar-refractivity contribution < 1.29 is 0 Å². The van der Waals surface area contributed by atoms with Gasteiger partial charge in [0.2, 0.25) is 5.95 Å². The van der Waals surface area contributed by atoms with Crippen molar-refractivity contribution in [3.05, 3.63) is 17.5 Å². The molecule has 1 rings (SSSR count). The lowest BCUT2D eigenvalue weighted by Gasteiger charge is -2.26. The van der Waals surface area contributed by atoms with E-state index < -0.39 is 0 Å². The maximum atomic E-state index is 4.51. The van der Waals surface area contributed by atoms with E-state index in [0.29, 0.717) is 6.04 Å². The van der Waals surface area contributed by atoms with E-state index in [1.165, 1.54) is 0 Å². The molecule has 0 spiro atoms. The van der Waals surface area contributed by atoms with Crippen LogP contribution in [0.4, 0.5) is 5.95 Å². The highest BCUT2D eigenvalue weighted by Crippen LogP contribution is 2.13. The van der Waals surface area contributed by atoms with Crippen LogP contribution in [-0.4, -0.2) is 27.9 Å². The molecule has 0 bridgehead atoms. The Labute approximate surface area is 106 Å². The van der Waals surface area contributed by atoms with Crippen molar-refractivity contribution in [1.29, 1.82) is 0 Å². The fourth-order valence-corrected chi connectivity index (χ4v) is 1.91. The second-order valence-corrected chi connectivity index (χ2v) is 5.07. The molecule has 0 atom stereocenters. The third-order valence-corrected chi connectivity index (χ3v) is 2.94. The Morgan fingerprint density at radius 3 is 2.25 bits per heavy atom. The summed E-state index contributed by atoms with van der Waals surface area (Å²) in [7, 11) is 0. The molecule has 4 heteroatoms. The number of alkyl halides is 1. The van der Waals surface area contributed by atoms with E-state index >= 15 is 0 Å². The van der Waals surface area contributed by atoms with Crippen LogP contribution in [0.2, 0.25) is 0 Å². The molecule has 0 N–H and O–H groups in total. The normalized spacial score (nSPS) is 10.9. The molecule has 0 amide bonds. The number of anilines is 1. The molecule has 0 radical (unpaired) electrons. The Balaban J connectivity index is 2.91. The summed E-state index contributed by atoms with van der Waals surface area (Å²) in [4.78, 5) is 11.3. The van der Waals surface area contributed by atoms with E-state index in [-0.39, 0.29) is 0 Å². The average molecular weight is 286 g/mol. The summed E-state index contributed by atoms with van der Waals surface area (Å²) in [6, 6.07) is 2.44. The zero-order valence-corrected chi connectivity index (χ0v) is 12.1. The Morgan fingerprint density at radius 1 is 1.25 bits per heavy atom. The van der Waals surface area contributed by atoms with Gasteiger partial charge in [-0.05, 0) is 40.2 Å². The van der Waals surface area contributed by atoms with Crippen LogP contribution in [0.3, 0.4) is 0 Å². The van der Waals surface area contributed by atoms with Gasteiger partial charge in [-0.25, -0.2) is 9.97 Å². The monoisotopic (exact) mass is 285 g/mol. The van der Waals surface area contributed by atoms with Gasteiger partial charge in [-0.2, -0.15) is 0 Å². The molecular formula is C12H20BrN3. The van der Waals surface area contributed by atoms with Crippen LogP contribution in [-0.2, 0) is 0 Å². The predicted octanol–water partition coefficient (Wildman–Crippen LogP) is 3.09. The summed E-state index contributed by atoms with van der Waals surface area (Å²) in [5.41, 5.74) is 2.07. The molecule has 0 saturated carbocycles. The highest BCUT2D eigenvalue weighted by Gasteiger charge is 2.13. The summed E-state index contributed by atoms with van der Waals surface area (Å²) in [5.74, 6) is 0.855. The van der Waals surface area contributed by atoms with Crippen LogP contribution in [0.5, 0.6) is 0 Å². The van der Waals surface area contributed by atoms with E-state index in [2.05, 4.69) is 44.6 Å². The van der Waals surface area contributed by atoms with Crippen LogP contribution in [0.25, 0.3) is 0 Å². The molecule has 0 saturated heterocycles. The zero-order valence-electron chi connectivity index (χ0n) is 10.5. The van der Waals surface area contributed by atoms with Gasteiger partial charge in [0.05, 0.1) is 0 Å². The molecule has 3 nitrogen and oxygen atoms in total. The first-order chi connectivity index (χ1) is 7.54. The van der Waals surface area contributed by atoms with Gasteiger partial charge in [0, 0.05) is 29.3 Å². The minimum atomic E-state index is 0.431. The van der Waals surface area contributed by atoms with Gasteiger partial charge < -0.3 is 4.90 Å². The quantitative estimate of drug-likeness (QED) is 0.779. The van der Waals surface area contributed by atoms with Gasteiger partial charge in [0.1, 0.15) is 0 Å². The lowest BCUT2D eigenvalue weighted by Crippen LogP contribution is -2.33. The Kier molecular flexibility index (Phi) is 5.19. The van der Waals surface area contributed by atoms with Gasteiger partial charge in [0.15, 0.2) is 0 Å². The first-order valence-electron chi connectivity index (χ1n) is 5.69. The minimum absolute atomic E-state index is 0.431. The molecule has 0 fully saturated rings. The maximum Gasteiger partial charge on any atom is 0.225 e. The Bertz CT molecular complexity index is 319. The molecule has 1 aromatic heterocycles. The van der Waals surface area contributed by atoms with Crippen LogP contribution in [0.15, 0.2) is 6.07 Å². The van der Waals surface area contributed by atoms with Crippen molar-refractivity contribution in [2.45, 2.75) is 40.2 Å². The van der Waals surface area contributed by atoms with Gasteiger partial charge in [-0.1, -0.05) is 15.9 Å². The van der Waals surface area contributed by atoms with Gasteiger partial charge in [-0.3, -0.25) is 0 Å². The Hall–Kier alpha value is -0.640. The zero-order chi connectivity index (χ0) is 12.1. The number of halogens is 1. The van der Waals surface area contributed by atoms with Crippen LogP contribution >= 0.6 is 15.9 Å². The van der Waals surface area contributed by atoms with Crippen LogP contribution < -0.4 is 4.90 Å². The molecule has 1 aromatic rings. The third kappa shape index (κ3) is 3.74. The van der Waals surface area contributed by atoms with Crippen molar-refractivity contribution in [2.24, 2.45) is 0 Å². The number of hydrogen-bond donors (Lipinski definition) is 0. The first kappa shape index (κ1) is 13.4. The van der Waals surface area contributed by atoms with Crippen molar-refractivity contribution >= 4 is 21.9 Å². The number of rotatable bonds is 5. The van der Waals surface area contributed by atoms with E-state index in [4.69, 9.17) is 0 Å². The lowest BCUT2D eigenvalue weighted by molar-refractivity contribution is 0.651. The molecule has 0 aliphatic heterocycles. The van der Waals surface area contributed by atoms with E-state index in [1.54, 1.807) is 0 Å². The van der Waals surface area contributed by atoms with E-state index in [1.807, 2.05) is 19.9 Å². The molecule has 0 aromatic carbocycles. The van der Waals surface area contributed by atoms with E-state index in [0.717, 1.165) is 35.6 Å². The maximum absolute atomic E-state index is 4.51. The van der Waals surface area contributed by atoms with Crippen molar-refractivity contribution in [3.8, 4) is 0 Å². The van der Waals surface area contributed by atoms with Crippen LogP contribution in [0.1, 0.15) is 31.7 Å². The van der Waals surface area contributed by atoms with Crippen molar-refractivity contribution in [1.82, 2.24) is 9.97 Å². The summed E-state index contributed by atoms with van der Waals surface area (Å²) in [6.07, 6.45) is 1.11. The number of nitrogens with zero attached hydrogens (tertiary/aromatic N) is 3. The van der Waals surface area contributed by atoms with Gasteiger partial charge >= 0.3 is 0 Å². The number of aryl methyl sites for hydroxylation is 2. The Morgan fingerprint density at radius 2 is 1.81 bits per heavy atom. The summed E-state index contributed by atoms with van der Waals surface area (Å²) in [6.45, 7) is 9.37. The topological polar surface area (TPSA) is 29.0 Å². The average Bonchev–Trinajstić information content (AvgIpc) is 2.16. The van der Waals surface area contributed by atoms with Gasteiger partial charge in [0.25, 0.3) is 0 Å². The molecule has 0 unspecified atom stereocenters. The summed E-state index contributed by atoms with van der Waals surface area (Å²) < 4.78 is 0. The largest absolute Gasteiger partial charge is 0.338 e.